The second-order valence-electron chi connectivity index (χ2n) is 5.31. The van der Waals surface area contributed by atoms with Gasteiger partial charge in [0.25, 0.3) is 0 Å². The van der Waals surface area contributed by atoms with Crippen molar-refractivity contribution in [1.82, 2.24) is 4.90 Å². The van der Waals surface area contributed by atoms with Gasteiger partial charge in [-0.2, -0.15) is 0 Å². The lowest BCUT2D eigenvalue weighted by molar-refractivity contribution is -0.116. The SMILES string of the molecule is Cc1ccc(N)cc1NC(=O)CCN(C)CCC(C)O. The van der Waals surface area contributed by atoms with Crippen LogP contribution in [0.5, 0.6) is 0 Å². The smallest absolute Gasteiger partial charge is 0.225 e. The molecule has 0 bridgehead atoms. The molecule has 0 spiro atoms. The Kier molecular flexibility index (Phi) is 6.48. The van der Waals surface area contributed by atoms with E-state index in [9.17, 15) is 9.90 Å². The number of aryl methyl sites for hydroxylation is 1. The maximum atomic E-state index is 11.9. The summed E-state index contributed by atoms with van der Waals surface area (Å²) in [6.07, 6.45) is 0.831. The molecule has 1 atom stereocenters. The van der Waals surface area contributed by atoms with E-state index in [1.54, 1.807) is 13.0 Å². The van der Waals surface area contributed by atoms with E-state index in [0.717, 1.165) is 17.8 Å². The summed E-state index contributed by atoms with van der Waals surface area (Å²) < 4.78 is 0. The summed E-state index contributed by atoms with van der Waals surface area (Å²) in [4.78, 5) is 13.9. The number of nitrogen functional groups attached to an aromatic ring is 1. The lowest BCUT2D eigenvalue weighted by atomic mass is 10.2. The maximum absolute atomic E-state index is 11.9. The number of amides is 1. The van der Waals surface area contributed by atoms with Gasteiger partial charge in [0.15, 0.2) is 0 Å². The fourth-order valence-electron chi connectivity index (χ4n) is 1.80. The van der Waals surface area contributed by atoms with Crippen molar-refractivity contribution in [2.24, 2.45) is 0 Å². The lowest BCUT2D eigenvalue weighted by Crippen LogP contribution is -2.27. The number of hydrogen-bond acceptors (Lipinski definition) is 4. The summed E-state index contributed by atoms with van der Waals surface area (Å²) in [5.41, 5.74) is 8.11. The van der Waals surface area contributed by atoms with Crippen LogP contribution >= 0.6 is 0 Å². The number of aliphatic hydroxyl groups excluding tert-OH is 1. The van der Waals surface area contributed by atoms with Gasteiger partial charge in [-0.3, -0.25) is 4.79 Å². The molecule has 0 radical (unpaired) electrons. The van der Waals surface area contributed by atoms with Crippen LogP contribution in [0.25, 0.3) is 0 Å². The Morgan fingerprint density at radius 2 is 2.15 bits per heavy atom. The van der Waals surface area contributed by atoms with Crippen LogP contribution in [0, 0.1) is 6.92 Å². The van der Waals surface area contributed by atoms with Gasteiger partial charge in [-0.15, -0.1) is 0 Å². The molecule has 0 aliphatic rings. The highest BCUT2D eigenvalue weighted by Gasteiger charge is 2.08. The number of anilines is 2. The highest BCUT2D eigenvalue weighted by atomic mass is 16.3. The summed E-state index contributed by atoms with van der Waals surface area (Å²) >= 11 is 0. The highest BCUT2D eigenvalue weighted by Crippen LogP contribution is 2.18. The van der Waals surface area contributed by atoms with E-state index in [2.05, 4.69) is 5.32 Å². The van der Waals surface area contributed by atoms with Crippen LogP contribution < -0.4 is 11.1 Å². The molecule has 1 aromatic carbocycles. The van der Waals surface area contributed by atoms with Crippen molar-refractivity contribution in [2.45, 2.75) is 32.8 Å². The molecule has 5 heteroatoms. The summed E-state index contributed by atoms with van der Waals surface area (Å²) in [5, 5.41) is 12.1. The topological polar surface area (TPSA) is 78.6 Å². The number of nitrogens with zero attached hydrogens (tertiary/aromatic N) is 1. The van der Waals surface area contributed by atoms with Crippen LogP contribution in [0.2, 0.25) is 0 Å². The van der Waals surface area contributed by atoms with Gasteiger partial charge in [-0.1, -0.05) is 6.07 Å². The van der Waals surface area contributed by atoms with Gasteiger partial charge in [0.05, 0.1) is 6.10 Å². The van der Waals surface area contributed by atoms with Gasteiger partial charge in [-0.05, 0) is 45.0 Å². The van der Waals surface area contributed by atoms with E-state index in [1.165, 1.54) is 0 Å². The van der Waals surface area contributed by atoms with E-state index in [4.69, 9.17) is 5.73 Å². The molecule has 0 saturated heterocycles. The van der Waals surface area contributed by atoms with E-state index in [1.807, 2.05) is 31.0 Å². The van der Waals surface area contributed by atoms with Crippen LogP contribution in [0.1, 0.15) is 25.3 Å². The first-order chi connectivity index (χ1) is 9.38. The Labute approximate surface area is 120 Å². The number of carbonyl (C=O) groups is 1. The molecule has 0 aromatic heterocycles. The number of benzene rings is 1. The third-order valence-electron chi connectivity index (χ3n) is 3.18. The second-order valence-corrected chi connectivity index (χ2v) is 5.31. The quantitative estimate of drug-likeness (QED) is 0.663. The maximum Gasteiger partial charge on any atom is 0.225 e. The molecule has 0 fully saturated rings. The molecule has 0 saturated carbocycles. The molecule has 20 heavy (non-hydrogen) atoms. The van der Waals surface area contributed by atoms with E-state index in [-0.39, 0.29) is 12.0 Å². The minimum absolute atomic E-state index is 0.0254. The first-order valence-electron chi connectivity index (χ1n) is 6.91. The normalized spacial score (nSPS) is 12.4. The fraction of sp³-hybridized carbons (Fsp3) is 0.533. The standard InChI is InChI=1S/C15H25N3O2/c1-11-4-5-13(16)10-14(11)17-15(20)7-9-18(3)8-6-12(2)19/h4-5,10,12,19H,6-9,16H2,1-3H3,(H,17,20). The van der Waals surface area contributed by atoms with Gasteiger partial charge >= 0.3 is 0 Å². The van der Waals surface area contributed by atoms with Crippen molar-refractivity contribution >= 4 is 17.3 Å². The third-order valence-corrected chi connectivity index (χ3v) is 3.18. The number of hydrogen-bond donors (Lipinski definition) is 3. The van der Waals surface area contributed by atoms with Crippen LogP contribution in [-0.2, 0) is 4.79 Å². The molecule has 1 amide bonds. The van der Waals surface area contributed by atoms with Crippen LogP contribution in [-0.4, -0.2) is 42.2 Å². The Bertz CT molecular complexity index is 447. The number of carbonyl (C=O) groups excluding carboxylic acids is 1. The largest absolute Gasteiger partial charge is 0.399 e. The zero-order valence-electron chi connectivity index (χ0n) is 12.5. The van der Waals surface area contributed by atoms with Gasteiger partial charge in [0.1, 0.15) is 0 Å². The van der Waals surface area contributed by atoms with E-state index >= 15 is 0 Å². The minimum Gasteiger partial charge on any atom is -0.399 e. The van der Waals surface area contributed by atoms with Gasteiger partial charge in [0, 0.05) is 30.9 Å². The summed E-state index contributed by atoms with van der Waals surface area (Å²) in [7, 11) is 1.95. The van der Waals surface area contributed by atoms with Crippen molar-refractivity contribution in [2.75, 3.05) is 31.2 Å². The fourth-order valence-corrected chi connectivity index (χ4v) is 1.80. The lowest BCUT2D eigenvalue weighted by Gasteiger charge is -2.17. The Balaban J connectivity index is 2.38. The van der Waals surface area contributed by atoms with Crippen LogP contribution in [0.4, 0.5) is 11.4 Å². The third kappa shape index (κ3) is 6.04. The van der Waals surface area contributed by atoms with Crippen molar-refractivity contribution in [3.63, 3.8) is 0 Å². The molecule has 112 valence electrons. The zero-order chi connectivity index (χ0) is 15.1. The first kappa shape index (κ1) is 16.5. The van der Waals surface area contributed by atoms with Crippen molar-refractivity contribution in [3.8, 4) is 0 Å². The molecule has 5 nitrogen and oxygen atoms in total. The minimum atomic E-state index is -0.304. The second kappa shape index (κ2) is 7.87. The van der Waals surface area contributed by atoms with Crippen LogP contribution in [0.3, 0.4) is 0 Å². The van der Waals surface area contributed by atoms with Crippen molar-refractivity contribution in [1.29, 1.82) is 0 Å². The van der Waals surface area contributed by atoms with Crippen molar-refractivity contribution in [3.05, 3.63) is 23.8 Å². The molecule has 0 aliphatic heterocycles. The average Bonchev–Trinajstić information content (AvgIpc) is 2.38. The monoisotopic (exact) mass is 279 g/mol. The molecular formula is C15H25N3O2. The molecule has 0 aliphatic carbocycles. The molecule has 1 unspecified atom stereocenters. The average molecular weight is 279 g/mol. The molecular weight excluding hydrogens is 254 g/mol. The van der Waals surface area contributed by atoms with E-state index in [0.29, 0.717) is 25.1 Å². The number of rotatable bonds is 7. The summed E-state index contributed by atoms with van der Waals surface area (Å²) in [6, 6.07) is 5.47. The van der Waals surface area contributed by atoms with E-state index < -0.39 is 0 Å². The Morgan fingerprint density at radius 3 is 2.80 bits per heavy atom. The van der Waals surface area contributed by atoms with Gasteiger partial charge < -0.3 is 21.1 Å². The first-order valence-corrected chi connectivity index (χ1v) is 6.91. The Hall–Kier alpha value is -1.59. The molecule has 1 rings (SSSR count). The highest BCUT2D eigenvalue weighted by molar-refractivity contribution is 5.92. The Morgan fingerprint density at radius 1 is 1.45 bits per heavy atom. The number of nitrogens with one attached hydrogen (secondary N) is 1. The number of aliphatic hydroxyl groups is 1. The van der Waals surface area contributed by atoms with Crippen LogP contribution in [0.15, 0.2) is 18.2 Å². The number of nitrogens with two attached hydrogens (primary N) is 1. The molecule has 0 heterocycles. The van der Waals surface area contributed by atoms with Gasteiger partial charge in [-0.25, -0.2) is 0 Å². The predicted molar refractivity (Wildman–Crippen MR) is 82.6 cm³/mol. The zero-order valence-corrected chi connectivity index (χ0v) is 12.5. The molecule has 1 aromatic rings. The summed E-state index contributed by atoms with van der Waals surface area (Å²) in [6.45, 7) is 5.15. The van der Waals surface area contributed by atoms with Crippen molar-refractivity contribution < 1.29 is 9.90 Å². The summed E-state index contributed by atoms with van der Waals surface area (Å²) in [5.74, 6) is -0.0254. The predicted octanol–water partition coefficient (Wildman–Crippen LogP) is 1.61. The van der Waals surface area contributed by atoms with Gasteiger partial charge in [0.2, 0.25) is 5.91 Å². The molecule has 4 N–H and O–H groups in total.